The maximum absolute atomic E-state index is 5.88. The van der Waals surface area contributed by atoms with Gasteiger partial charge in [-0.3, -0.25) is 4.90 Å². The topological polar surface area (TPSA) is 15.7 Å². The van der Waals surface area contributed by atoms with Gasteiger partial charge in [-0.2, -0.15) is 0 Å². The molecule has 0 radical (unpaired) electrons. The highest BCUT2D eigenvalue weighted by Gasteiger charge is 2.20. The van der Waals surface area contributed by atoms with Crippen molar-refractivity contribution in [1.29, 1.82) is 0 Å². The highest BCUT2D eigenvalue weighted by Crippen LogP contribution is 2.10. The van der Waals surface area contributed by atoms with Crippen molar-refractivity contribution in [3.05, 3.63) is 0 Å². The van der Waals surface area contributed by atoms with E-state index in [2.05, 4.69) is 37.6 Å². The zero-order valence-corrected chi connectivity index (χ0v) is 14.8. The van der Waals surface area contributed by atoms with Gasteiger partial charge >= 0.3 is 0 Å². The summed E-state index contributed by atoms with van der Waals surface area (Å²) >= 11 is 0. The Morgan fingerprint density at radius 2 is 2.00 bits per heavy atom. The summed E-state index contributed by atoms with van der Waals surface area (Å²) in [5.74, 6) is 0.753. The van der Waals surface area contributed by atoms with Crippen LogP contribution in [0.1, 0.15) is 53.9 Å². The molecule has 0 spiro atoms. The van der Waals surface area contributed by atoms with Crippen LogP contribution in [-0.2, 0) is 4.74 Å². The predicted molar refractivity (Wildman–Crippen MR) is 89.4 cm³/mol. The van der Waals surface area contributed by atoms with Crippen LogP contribution in [-0.4, -0.2) is 62.3 Å². The van der Waals surface area contributed by atoms with Crippen molar-refractivity contribution in [2.24, 2.45) is 5.92 Å². The van der Waals surface area contributed by atoms with Crippen LogP contribution in [0.15, 0.2) is 0 Å². The first kappa shape index (κ1) is 19.9. The van der Waals surface area contributed by atoms with Crippen molar-refractivity contribution in [2.75, 3.05) is 46.4 Å². The molecule has 0 saturated carbocycles. The van der Waals surface area contributed by atoms with E-state index >= 15 is 0 Å². The van der Waals surface area contributed by atoms with Gasteiger partial charge in [0.15, 0.2) is 0 Å². The molecule has 0 aromatic carbocycles. The van der Waals surface area contributed by atoms with E-state index in [9.17, 15) is 0 Å². The smallest absolute Gasteiger partial charge is 0.0714 e. The summed E-state index contributed by atoms with van der Waals surface area (Å²) in [5, 5.41) is 0. The molecule has 0 aliphatic carbocycles. The van der Waals surface area contributed by atoms with E-state index in [-0.39, 0.29) is 0 Å². The second kappa shape index (κ2) is 12.6. The average molecular weight is 287 g/mol. The van der Waals surface area contributed by atoms with E-state index in [4.69, 9.17) is 4.74 Å². The molecule has 1 rings (SSSR count). The number of ether oxygens (including phenoxy) is 1. The van der Waals surface area contributed by atoms with Gasteiger partial charge in [-0.1, -0.05) is 41.0 Å². The normalized spacial score (nSPS) is 20.1. The molecule has 1 heterocycles. The first-order valence-electron chi connectivity index (χ1n) is 8.64. The van der Waals surface area contributed by atoms with Gasteiger partial charge in [0.25, 0.3) is 0 Å². The average Bonchev–Trinajstić information content (AvgIpc) is 2.45. The number of hydrogen-bond donors (Lipinski definition) is 0. The van der Waals surface area contributed by atoms with Crippen LogP contribution in [0.3, 0.4) is 0 Å². The Hall–Kier alpha value is -0.120. The molecule has 20 heavy (non-hydrogen) atoms. The maximum Gasteiger partial charge on any atom is 0.0714 e. The fourth-order valence-corrected chi connectivity index (χ4v) is 2.62. The SMILES string of the molecule is CC.CCCCN1CCOC(CCN(C)CC(C)C)C1. The lowest BCUT2D eigenvalue weighted by Gasteiger charge is -2.33. The minimum Gasteiger partial charge on any atom is -0.376 e. The molecular formula is C17H38N2O. The first-order chi connectivity index (χ1) is 9.61. The standard InChI is InChI=1S/C15H32N2O.C2H6/c1-5-6-8-17-10-11-18-15(13-17)7-9-16(4)12-14(2)3;1-2/h14-15H,5-13H2,1-4H3;1-2H3. The lowest BCUT2D eigenvalue weighted by molar-refractivity contribution is -0.0353. The van der Waals surface area contributed by atoms with Crippen LogP contribution in [0.5, 0.6) is 0 Å². The number of morpholine rings is 1. The molecule has 3 heteroatoms. The Bertz CT molecular complexity index is 209. The molecule has 1 fully saturated rings. The molecule has 1 atom stereocenters. The molecule has 1 aliphatic rings. The molecule has 0 amide bonds. The predicted octanol–water partition coefficient (Wildman–Crippen LogP) is 3.49. The molecule has 1 unspecified atom stereocenters. The number of unbranched alkanes of at least 4 members (excludes halogenated alkanes) is 1. The zero-order chi connectivity index (χ0) is 15.4. The Labute approximate surface area is 127 Å². The van der Waals surface area contributed by atoms with Gasteiger partial charge < -0.3 is 9.64 Å². The molecule has 0 bridgehead atoms. The van der Waals surface area contributed by atoms with Gasteiger partial charge in [0, 0.05) is 26.2 Å². The Kier molecular flexibility index (Phi) is 12.5. The van der Waals surface area contributed by atoms with E-state index in [1.54, 1.807) is 0 Å². The third kappa shape index (κ3) is 9.73. The summed E-state index contributed by atoms with van der Waals surface area (Å²) < 4.78 is 5.88. The van der Waals surface area contributed by atoms with Crippen molar-refractivity contribution >= 4 is 0 Å². The fourth-order valence-electron chi connectivity index (χ4n) is 2.62. The summed E-state index contributed by atoms with van der Waals surface area (Å²) in [7, 11) is 2.22. The van der Waals surface area contributed by atoms with Crippen LogP contribution in [0, 0.1) is 5.92 Å². The van der Waals surface area contributed by atoms with Gasteiger partial charge in [0.2, 0.25) is 0 Å². The van der Waals surface area contributed by atoms with E-state index < -0.39 is 0 Å². The molecule has 122 valence electrons. The van der Waals surface area contributed by atoms with Crippen LogP contribution < -0.4 is 0 Å². The van der Waals surface area contributed by atoms with Gasteiger partial charge in [0.1, 0.15) is 0 Å². The Morgan fingerprint density at radius 1 is 1.30 bits per heavy atom. The fraction of sp³-hybridized carbons (Fsp3) is 1.00. The van der Waals surface area contributed by atoms with E-state index in [1.165, 1.54) is 32.4 Å². The van der Waals surface area contributed by atoms with Crippen molar-refractivity contribution < 1.29 is 4.74 Å². The Balaban J connectivity index is 0.00000172. The summed E-state index contributed by atoms with van der Waals surface area (Å²) in [6.07, 6.45) is 4.23. The van der Waals surface area contributed by atoms with Gasteiger partial charge in [-0.05, 0) is 32.4 Å². The second-order valence-corrected chi connectivity index (χ2v) is 6.09. The third-order valence-electron chi connectivity index (χ3n) is 3.56. The molecule has 0 aromatic heterocycles. The van der Waals surface area contributed by atoms with Crippen molar-refractivity contribution in [3.63, 3.8) is 0 Å². The highest BCUT2D eigenvalue weighted by atomic mass is 16.5. The monoisotopic (exact) mass is 286 g/mol. The van der Waals surface area contributed by atoms with E-state index in [0.717, 1.165) is 32.2 Å². The first-order valence-corrected chi connectivity index (χ1v) is 8.64. The summed E-state index contributed by atoms with van der Waals surface area (Å²) in [6, 6.07) is 0. The maximum atomic E-state index is 5.88. The highest BCUT2D eigenvalue weighted by molar-refractivity contribution is 4.72. The molecule has 3 nitrogen and oxygen atoms in total. The van der Waals surface area contributed by atoms with Gasteiger partial charge in [0.05, 0.1) is 12.7 Å². The van der Waals surface area contributed by atoms with Crippen molar-refractivity contribution in [1.82, 2.24) is 9.80 Å². The molecule has 0 aromatic rings. The van der Waals surface area contributed by atoms with Gasteiger partial charge in [-0.15, -0.1) is 0 Å². The second-order valence-electron chi connectivity index (χ2n) is 6.09. The molecule has 1 aliphatic heterocycles. The quantitative estimate of drug-likeness (QED) is 0.679. The molecular weight excluding hydrogens is 248 g/mol. The molecule has 0 N–H and O–H groups in total. The lowest BCUT2D eigenvalue weighted by atomic mass is 10.1. The lowest BCUT2D eigenvalue weighted by Crippen LogP contribution is -2.44. The van der Waals surface area contributed by atoms with Gasteiger partial charge in [-0.25, -0.2) is 0 Å². The largest absolute Gasteiger partial charge is 0.376 e. The van der Waals surface area contributed by atoms with Crippen LogP contribution in [0.25, 0.3) is 0 Å². The third-order valence-corrected chi connectivity index (χ3v) is 3.56. The summed E-state index contributed by atoms with van der Waals surface area (Å²) in [6.45, 7) is 17.6. The van der Waals surface area contributed by atoms with Crippen LogP contribution in [0.4, 0.5) is 0 Å². The summed E-state index contributed by atoms with van der Waals surface area (Å²) in [4.78, 5) is 5.00. The minimum atomic E-state index is 0.449. The van der Waals surface area contributed by atoms with E-state index in [1.807, 2.05) is 13.8 Å². The number of nitrogens with zero attached hydrogens (tertiary/aromatic N) is 2. The Morgan fingerprint density at radius 3 is 2.60 bits per heavy atom. The number of rotatable bonds is 8. The number of hydrogen-bond acceptors (Lipinski definition) is 3. The van der Waals surface area contributed by atoms with Crippen molar-refractivity contribution in [2.45, 2.75) is 60.0 Å². The van der Waals surface area contributed by atoms with Crippen LogP contribution in [0.2, 0.25) is 0 Å². The van der Waals surface area contributed by atoms with E-state index in [0.29, 0.717) is 6.10 Å². The van der Waals surface area contributed by atoms with Crippen molar-refractivity contribution in [3.8, 4) is 0 Å². The molecule has 1 saturated heterocycles. The minimum absolute atomic E-state index is 0.449. The van der Waals surface area contributed by atoms with Crippen LogP contribution >= 0.6 is 0 Å². The summed E-state index contributed by atoms with van der Waals surface area (Å²) in [5.41, 5.74) is 0. The zero-order valence-electron chi connectivity index (χ0n) is 14.8.